The smallest absolute Gasteiger partial charge is 0.226 e. The van der Waals surface area contributed by atoms with Gasteiger partial charge in [-0.05, 0) is 37.8 Å². The summed E-state index contributed by atoms with van der Waals surface area (Å²) in [5, 5.41) is 3.11. The zero-order chi connectivity index (χ0) is 19.9. The van der Waals surface area contributed by atoms with Crippen LogP contribution in [0, 0.1) is 11.8 Å². The molecule has 6 heteroatoms. The van der Waals surface area contributed by atoms with Crippen LogP contribution in [0.5, 0.6) is 5.75 Å². The maximum Gasteiger partial charge on any atom is 0.226 e. The summed E-state index contributed by atoms with van der Waals surface area (Å²) < 4.78 is 5.61. The number of likely N-dealkylation sites (tertiary alicyclic amines) is 1. The second-order valence-corrected chi connectivity index (χ2v) is 7.86. The highest BCUT2D eigenvalue weighted by Crippen LogP contribution is 2.21. The maximum atomic E-state index is 12.7. The van der Waals surface area contributed by atoms with Crippen molar-refractivity contribution in [1.29, 1.82) is 0 Å². The molecule has 2 amide bonds. The fraction of sp³-hybridized carbons (Fsp3) is 0.619. The van der Waals surface area contributed by atoms with Crippen LogP contribution in [0.4, 0.5) is 0 Å². The molecule has 150 valence electrons. The van der Waals surface area contributed by atoms with Crippen molar-refractivity contribution in [3.05, 3.63) is 30.3 Å². The van der Waals surface area contributed by atoms with E-state index in [0.717, 1.165) is 18.6 Å². The molecule has 1 aliphatic heterocycles. The van der Waals surface area contributed by atoms with Crippen LogP contribution in [-0.4, -0.2) is 48.5 Å². The molecule has 3 N–H and O–H groups in total. The molecule has 0 spiro atoms. The molecule has 1 aromatic carbocycles. The molecule has 1 fully saturated rings. The van der Waals surface area contributed by atoms with Gasteiger partial charge in [-0.3, -0.25) is 9.59 Å². The predicted molar refractivity (Wildman–Crippen MR) is 106 cm³/mol. The van der Waals surface area contributed by atoms with Gasteiger partial charge in [-0.1, -0.05) is 32.0 Å². The number of para-hydroxylation sites is 1. The fourth-order valence-corrected chi connectivity index (χ4v) is 3.16. The number of hydrogen-bond acceptors (Lipinski definition) is 4. The van der Waals surface area contributed by atoms with Gasteiger partial charge >= 0.3 is 0 Å². The van der Waals surface area contributed by atoms with Crippen molar-refractivity contribution in [2.24, 2.45) is 17.6 Å². The summed E-state index contributed by atoms with van der Waals surface area (Å²) in [5.74, 6) is 0.852. The zero-order valence-corrected chi connectivity index (χ0v) is 16.7. The van der Waals surface area contributed by atoms with Gasteiger partial charge in [0.2, 0.25) is 11.8 Å². The van der Waals surface area contributed by atoms with Gasteiger partial charge in [0.15, 0.2) is 0 Å². The molecule has 27 heavy (non-hydrogen) atoms. The van der Waals surface area contributed by atoms with Crippen LogP contribution in [0.2, 0.25) is 0 Å². The molecular weight excluding hydrogens is 342 g/mol. The van der Waals surface area contributed by atoms with Gasteiger partial charge in [0.05, 0.1) is 24.5 Å². The lowest BCUT2D eigenvalue weighted by Gasteiger charge is -2.37. The molecule has 1 aromatic rings. The third-order valence-corrected chi connectivity index (χ3v) is 5.58. The molecule has 6 nitrogen and oxygen atoms in total. The number of carbonyl (C=O) groups excluding carboxylic acids is 2. The first-order valence-corrected chi connectivity index (χ1v) is 9.83. The van der Waals surface area contributed by atoms with E-state index in [1.165, 1.54) is 0 Å². The first-order valence-electron chi connectivity index (χ1n) is 9.83. The summed E-state index contributed by atoms with van der Waals surface area (Å²) in [6, 6.07) is 9.46. The van der Waals surface area contributed by atoms with Crippen LogP contribution in [0.3, 0.4) is 0 Å². The normalized spacial score (nSPS) is 19.4. The largest absolute Gasteiger partial charge is 0.493 e. The molecule has 2 rings (SSSR count). The molecule has 0 radical (unpaired) electrons. The van der Waals surface area contributed by atoms with E-state index in [9.17, 15) is 9.59 Å². The van der Waals surface area contributed by atoms with E-state index in [4.69, 9.17) is 10.5 Å². The van der Waals surface area contributed by atoms with E-state index in [0.29, 0.717) is 32.7 Å². The second kappa shape index (κ2) is 9.74. The zero-order valence-electron chi connectivity index (χ0n) is 16.7. The quantitative estimate of drug-likeness (QED) is 0.729. The number of ether oxygens (including phenoxy) is 1. The number of nitrogens with zero attached hydrogens (tertiary/aromatic N) is 1. The average molecular weight is 376 g/mol. The summed E-state index contributed by atoms with van der Waals surface area (Å²) in [6.45, 7) is 7.98. The van der Waals surface area contributed by atoms with Gasteiger partial charge in [0.1, 0.15) is 5.75 Å². The monoisotopic (exact) mass is 375 g/mol. The Kier molecular flexibility index (Phi) is 7.66. The number of rotatable bonds is 8. The van der Waals surface area contributed by atoms with Crippen LogP contribution in [-0.2, 0) is 9.59 Å². The first kappa shape index (κ1) is 21.2. The Morgan fingerprint density at radius 3 is 2.67 bits per heavy atom. The van der Waals surface area contributed by atoms with E-state index >= 15 is 0 Å². The Morgan fingerprint density at radius 1 is 1.33 bits per heavy atom. The number of piperidine rings is 1. The topological polar surface area (TPSA) is 84.7 Å². The van der Waals surface area contributed by atoms with Crippen molar-refractivity contribution in [2.75, 3.05) is 26.2 Å². The van der Waals surface area contributed by atoms with E-state index in [1.807, 2.05) is 37.3 Å². The minimum Gasteiger partial charge on any atom is -0.493 e. The molecule has 1 heterocycles. The van der Waals surface area contributed by atoms with Crippen LogP contribution in [0.15, 0.2) is 30.3 Å². The van der Waals surface area contributed by atoms with Gasteiger partial charge in [0, 0.05) is 19.6 Å². The lowest BCUT2D eigenvalue weighted by molar-refractivity contribution is -0.136. The maximum absolute atomic E-state index is 12.7. The molecule has 1 saturated heterocycles. The predicted octanol–water partition coefficient (Wildman–Crippen LogP) is 2.18. The van der Waals surface area contributed by atoms with Crippen molar-refractivity contribution in [3.63, 3.8) is 0 Å². The summed E-state index contributed by atoms with van der Waals surface area (Å²) in [4.78, 5) is 27.0. The van der Waals surface area contributed by atoms with Gasteiger partial charge in [-0.25, -0.2) is 0 Å². The Balaban J connectivity index is 1.83. The Morgan fingerprint density at radius 2 is 2.04 bits per heavy atom. The minimum absolute atomic E-state index is 0.00492. The lowest BCUT2D eigenvalue weighted by atomic mass is 9.87. The van der Waals surface area contributed by atoms with Crippen molar-refractivity contribution < 1.29 is 14.3 Å². The molecule has 0 aliphatic carbocycles. The molecule has 2 unspecified atom stereocenters. The number of amides is 2. The highest BCUT2D eigenvalue weighted by molar-refractivity contribution is 5.82. The summed E-state index contributed by atoms with van der Waals surface area (Å²) in [5.41, 5.74) is 5.45. The Hall–Kier alpha value is -2.08. The van der Waals surface area contributed by atoms with E-state index < -0.39 is 5.54 Å². The standard InChI is InChI=1S/C21H33N3O3/c1-16(2)21(3,15-22)23-20(26)17-8-7-12-24(14-17)19(25)11-13-27-18-9-5-4-6-10-18/h4-6,9-10,16-17H,7-8,11-15,22H2,1-3H3,(H,23,26). The minimum atomic E-state index is -0.424. The van der Waals surface area contributed by atoms with E-state index in [-0.39, 0.29) is 23.7 Å². The van der Waals surface area contributed by atoms with Crippen LogP contribution < -0.4 is 15.8 Å². The molecular formula is C21H33N3O3. The van der Waals surface area contributed by atoms with Crippen molar-refractivity contribution >= 4 is 11.8 Å². The van der Waals surface area contributed by atoms with Gasteiger partial charge in [0.25, 0.3) is 0 Å². The first-order chi connectivity index (χ1) is 12.9. The van der Waals surface area contributed by atoms with Crippen LogP contribution in [0.1, 0.15) is 40.0 Å². The third kappa shape index (κ3) is 5.96. The van der Waals surface area contributed by atoms with Crippen LogP contribution in [0.25, 0.3) is 0 Å². The Labute approximate surface area is 162 Å². The number of carbonyl (C=O) groups is 2. The molecule has 1 aliphatic rings. The molecule has 0 aromatic heterocycles. The third-order valence-electron chi connectivity index (χ3n) is 5.58. The van der Waals surface area contributed by atoms with Crippen LogP contribution >= 0.6 is 0 Å². The second-order valence-electron chi connectivity index (χ2n) is 7.86. The Bertz CT molecular complexity index is 620. The highest BCUT2D eigenvalue weighted by atomic mass is 16.5. The highest BCUT2D eigenvalue weighted by Gasteiger charge is 2.34. The number of hydrogen-bond donors (Lipinski definition) is 2. The lowest BCUT2D eigenvalue weighted by Crippen LogP contribution is -2.58. The van der Waals surface area contributed by atoms with E-state index in [1.54, 1.807) is 4.90 Å². The molecule has 2 atom stereocenters. The number of benzene rings is 1. The van der Waals surface area contributed by atoms with Gasteiger partial charge in [-0.2, -0.15) is 0 Å². The SMILES string of the molecule is CC(C)C(C)(CN)NC(=O)C1CCCN(C(=O)CCOc2ccccc2)C1. The van der Waals surface area contributed by atoms with Crippen molar-refractivity contribution in [2.45, 2.75) is 45.6 Å². The van der Waals surface area contributed by atoms with Gasteiger partial charge in [-0.15, -0.1) is 0 Å². The van der Waals surface area contributed by atoms with Gasteiger partial charge < -0.3 is 20.7 Å². The molecule has 0 bridgehead atoms. The number of nitrogens with two attached hydrogens (primary N) is 1. The fourth-order valence-electron chi connectivity index (χ4n) is 3.16. The average Bonchev–Trinajstić information content (AvgIpc) is 2.68. The van der Waals surface area contributed by atoms with E-state index in [2.05, 4.69) is 19.2 Å². The summed E-state index contributed by atoms with van der Waals surface area (Å²) in [7, 11) is 0. The summed E-state index contributed by atoms with van der Waals surface area (Å²) in [6.07, 6.45) is 1.95. The van der Waals surface area contributed by atoms with Crippen molar-refractivity contribution in [1.82, 2.24) is 10.2 Å². The summed E-state index contributed by atoms with van der Waals surface area (Å²) >= 11 is 0. The molecule has 0 saturated carbocycles. The number of nitrogens with one attached hydrogen (secondary N) is 1. The van der Waals surface area contributed by atoms with Crippen molar-refractivity contribution in [3.8, 4) is 5.75 Å².